The number of rotatable bonds is 3. The van der Waals surface area contributed by atoms with Crippen LogP contribution in [0.15, 0.2) is 12.1 Å². The lowest BCUT2D eigenvalue weighted by Gasteiger charge is -2.22. The van der Waals surface area contributed by atoms with Crippen LogP contribution in [0.1, 0.15) is 24.6 Å². The van der Waals surface area contributed by atoms with Crippen molar-refractivity contribution in [3.8, 4) is 0 Å². The van der Waals surface area contributed by atoms with Gasteiger partial charge < -0.3 is 14.7 Å². The number of aryl methyl sites for hydroxylation is 1. The highest BCUT2D eigenvalue weighted by molar-refractivity contribution is 5.42. The van der Waals surface area contributed by atoms with Gasteiger partial charge in [0, 0.05) is 25.4 Å². The van der Waals surface area contributed by atoms with Crippen LogP contribution in [0.4, 0.5) is 5.82 Å². The standard InChI is InChI=1S/C13H20N2O2/c1-2-12-8-11(10-16)9-13(14-12)15-4-3-6-17-7-5-15/h8-9,16H,2-7,10H2,1H3. The van der Waals surface area contributed by atoms with Gasteiger partial charge in [-0.2, -0.15) is 0 Å². The topological polar surface area (TPSA) is 45.6 Å². The molecule has 0 amide bonds. The largest absolute Gasteiger partial charge is 0.392 e. The molecular formula is C13H20N2O2. The molecule has 4 nitrogen and oxygen atoms in total. The van der Waals surface area contributed by atoms with E-state index in [4.69, 9.17) is 4.74 Å². The Morgan fingerprint density at radius 3 is 3.00 bits per heavy atom. The third kappa shape index (κ3) is 3.17. The molecule has 1 saturated heterocycles. The molecule has 1 N–H and O–H groups in total. The van der Waals surface area contributed by atoms with Crippen molar-refractivity contribution in [2.75, 3.05) is 31.2 Å². The Hall–Kier alpha value is -1.13. The summed E-state index contributed by atoms with van der Waals surface area (Å²) >= 11 is 0. The smallest absolute Gasteiger partial charge is 0.129 e. The van der Waals surface area contributed by atoms with Crippen LogP contribution in [-0.4, -0.2) is 36.4 Å². The van der Waals surface area contributed by atoms with Crippen LogP contribution in [0.2, 0.25) is 0 Å². The Kier molecular flexibility index (Phi) is 4.34. The van der Waals surface area contributed by atoms with Crippen molar-refractivity contribution in [1.29, 1.82) is 0 Å². The third-order valence-corrected chi connectivity index (χ3v) is 3.02. The molecule has 0 saturated carbocycles. The molecule has 1 aromatic rings. The van der Waals surface area contributed by atoms with E-state index in [2.05, 4.69) is 16.8 Å². The van der Waals surface area contributed by atoms with Crippen molar-refractivity contribution in [2.24, 2.45) is 0 Å². The molecule has 2 rings (SSSR count). The number of aliphatic hydroxyl groups excluding tert-OH is 1. The molecule has 1 aromatic heterocycles. The second-order valence-electron chi connectivity index (χ2n) is 4.29. The highest BCUT2D eigenvalue weighted by Crippen LogP contribution is 2.17. The van der Waals surface area contributed by atoms with Gasteiger partial charge in [-0.05, 0) is 30.5 Å². The number of aromatic nitrogens is 1. The van der Waals surface area contributed by atoms with Crippen LogP contribution in [-0.2, 0) is 17.8 Å². The second kappa shape index (κ2) is 5.98. The molecule has 1 fully saturated rings. The van der Waals surface area contributed by atoms with Gasteiger partial charge in [0.1, 0.15) is 5.82 Å². The first-order valence-corrected chi connectivity index (χ1v) is 6.27. The number of hydrogen-bond acceptors (Lipinski definition) is 4. The van der Waals surface area contributed by atoms with E-state index in [1.165, 1.54) is 0 Å². The fraction of sp³-hybridized carbons (Fsp3) is 0.615. The quantitative estimate of drug-likeness (QED) is 0.861. The zero-order valence-electron chi connectivity index (χ0n) is 10.4. The highest BCUT2D eigenvalue weighted by Gasteiger charge is 2.12. The molecule has 1 aliphatic rings. The number of anilines is 1. The average molecular weight is 236 g/mol. The number of ether oxygens (including phenoxy) is 1. The first kappa shape index (κ1) is 12.3. The van der Waals surface area contributed by atoms with Crippen LogP contribution in [0.3, 0.4) is 0 Å². The summed E-state index contributed by atoms with van der Waals surface area (Å²) in [5.74, 6) is 0.971. The van der Waals surface area contributed by atoms with Crippen molar-refractivity contribution in [1.82, 2.24) is 4.98 Å². The van der Waals surface area contributed by atoms with E-state index in [1.54, 1.807) is 0 Å². The molecule has 0 aromatic carbocycles. The van der Waals surface area contributed by atoms with Gasteiger partial charge in [0.15, 0.2) is 0 Å². The van der Waals surface area contributed by atoms with E-state index in [0.29, 0.717) is 0 Å². The maximum Gasteiger partial charge on any atom is 0.129 e. The molecular weight excluding hydrogens is 216 g/mol. The molecule has 17 heavy (non-hydrogen) atoms. The van der Waals surface area contributed by atoms with Crippen molar-refractivity contribution < 1.29 is 9.84 Å². The van der Waals surface area contributed by atoms with Crippen LogP contribution >= 0.6 is 0 Å². The Morgan fingerprint density at radius 2 is 2.24 bits per heavy atom. The molecule has 0 radical (unpaired) electrons. The van der Waals surface area contributed by atoms with Crippen LogP contribution < -0.4 is 4.90 Å². The minimum atomic E-state index is 0.0762. The Bertz CT molecular complexity index is 338. The van der Waals surface area contributed by atoms with E-state index in [9.17, 15) is 5.11 Å². The maximum atomic E-state index is 9.26. The number of hydrogen-bond donors (Lipinski definition) is 1. The van der Waals surface area contributed by atoms with Crippen molar-refractivity contribution >= 4 is 5.82 Å². The second-order valence-corrected chi connectivity index (χ2v) is 4.29. The lowest BCUT2D eigenvalue weighted by atomic mass is 10.2. The summed E-state index contributed by atoms with van der Waals surface area (Å²) in [6.07, 6.45) is 1.93. The zero-order chi connectivity index (χ0) is 12.1. The summed E-state index contributed by atoms with van der Waals surface area (Å²) in [6.45, 7) is 5.60. The minimum absolute atomic E-state index is 0.0762. The summed E-state index contributed by atoms with van der Waals surface area (Å²) in [7, 11) is 0. The Balaban J connectivity index is 2.22. The van der Waals surface area contributed by atoms with Gasteiger partial charge in [-0.15, -0.1) is 0 Å². The Morgan fingerprint density at radius 1 is 1.35 bits per heavy atom. The number of aliphatic hydroxyl groups is 1. The molecule has 1 aliphatic heterocycles. The van der Waals surface area contributed by atoms with Gasteiger partial charge in [-0.3, -0.25) is 0 Å². The van der Waals surface area contributed by atoms with Gasteiger partial charge in [-0.25, -0.2) is 4.98 Å². The summed E-state index contributed by atoms with van der Waals surface area (Å²) in [5, 5.41) is 9.26. The summed E-state index contributed by atoms with van der Waals surface area (Å²) in [5.41, 5.74) is 1.98. The van der Waals surface area contributed by atoms with E-state index in [0.717, 1.165) is 56.2 Å². The molecule has 0 unspecified atom stereocenters. The van der Waals surface area contributed by atoms with Crippen LogP contribution in [0.25, 0.3) is 0 Å². The molecule has 0 atom stereocenters. The van der Waals surface area contributed by atoms with Gasteiger partial charge in [0.05, 0.1) is 13.2 Å². The fourth-order valence-electron chi connectivity index (χ4n) is 2.04. The van der Waals surface area contributed by atoms with Crippen molar-refractivity contribution in [2.45, 2.75) is 26.4 Å². The van der Waals surface area contributed by atoms with Crippen LogP contribution in [0.5, 0.6) is 0 Å². The SMILES string of the molecule is CCc1cc(CO)cc(N2CCCOCC2)n1. The molecule has 0 spiro atoms. The molecule has 0 aliphatic carbocycles. The predicted octanol–water partition coefficient (Wildman–Crippen LogP) is 1.36. The van der Waals surface area contributed by atoms with Gasteiger partial charge >= 0.3 is 0 Å². The lowest BCUT2D eigenvalue weighted by Crippen LogP contribution is -2.27. The lowest BCUT2D eigenvalue weighted by molar-refractivity contribution is 0.152. The molecule has 2 heterocycles. The first-order chi connectivity index (χ1) is 8.33. The van der Waals surface area contributed by atoms with Crippen molar-refractivity contribution in [3.05, 3.63) is 23.4 Å². The predicted molar refractivity (Wildman–Crippen MR) is 67.2 cm³/mol. The summed E-state index contributed by atoms with van der Waals surface area (Å²) in [4.78, 5) is 6.87. The zero-order valence-corrected chi connectivity index (χ0v) is 10.4. The fourth-order valence-corrected chi connectivity index (χ4v) is 2.04. The molecule has 94 valence electrons. The van der Waals surface area contributed by atoms with E-state index >= 15 is 0 Å². The van der Waals surface area contributed by atoms with Crippen molar-refractivity contribution in [3.63, 3.8) is 0 Å². The van der Waals surface area contributed by atoms with Gasteiger partial charge in [0.25, 0.3) is 0 Å². The normalized spacial score (nSPS) is 16.9. The summed E-state index contributed by atoms with van der Waals surface area (Å²) < 4.78 is 5.44. The number of pyridine rings is 1. The van der Waals surface area contributed by atoms with E-state index in [1.807, 2.05) is 12.1 Å². The van der Waals surface area contributed by atoms with Crippen LogP contribution in [0, 0.1) is 0 Å². The first-order valence-electron chi connectivity index (χ1n) is 6.27. The average Bonchev–Trinajstić information content (AvgIpc) is 2.67. The highest BCUT2D eigenvalue weighted by atomic mass is 16.5. The molecule has 4 heteroatoms. The summed E-state index contributed by atoms with van der Waals surface area (Å²) in [6, 6.07) is 3.95. The maximum absolute atomic E-state index is 9.26. The number of nitrogens with zero attached hydrogens (tertiary/aromatic N) is 2. The third-order valence-electron chi connectivity index (χ3n) is 3.02. The van der Waals surface area contributed by atoms with Gasteiger partial charge in [-0.1, -0.05) is 6.92 Å². The Labute approximate surface area is 102 Å². The van der Waals surface area contributed by atoms with E-state index < -0.39 is 0 Å². The molecule has 0 bridgehead atoms. The monoisotopic (exact) mass is 236 g/mol. The minimum Gasteiger partial charge on any atom is -0.392 e. The van der Waals surface area contributed by atoms with E-state index in [-0.39, 0.29) is 6.61 Å². The van der Waals surface area contributed by atoms with Gasteiger partial charge in [0.2, 0.25) is 0 Å².